The molecule has 0 amide bonds. The van der Waals surface area contributed by atoms with Gasteiger partial charge in [-0.25, -0.2) is 0 Å². The van der Waals surface area contributed by atoms with Crippen molar-refractivity contribution < 1.29 is 28.8 Å². The molecule has 1 unspecified atom stereocenters. The minimum absolute atomic E-state index is 0.118. The summed E-state index contributed by atoms with van der Waals surface area (Å²) in [7, 11) is 3.29. The Morgan fingerprint density at radius 1 is 0.821 bits per heavy atom. The standard InChI is InChI=1S/C32H37NO6/c1-5-33-28-19-25(35)20-29(33)31(30(28)38-21(2)34)39-32(22-9-7-6-8-10-22,23-11-15-26(36-3)16-12-23)24-13-17-27(37-4)18-14-24/h6-18,25,28-31,35H,5,19-20H2,1-4H3/t25?,28-,29+,30-,31+/m0/s1. The number of ether oxygens (including phenoxy) is 4. The lowest BCUT2D eigenvalue weighted by molar-refractivity contribution is -0.160. The van der Waals surface area contributed by atoms with E-state index in [1.54, 1.807) is 14.2 Å². The number of aliphatic hydroxyl groups is 1. The number of benzene rings is 3. The topological polar surface area (TPSA) is 77.5 Å². The van der Waals surface area contributed by atoms with Crippen molar-refractivity contribution in [3.05, 3.63) is 95.6 Å². The molecule has 5 rings (SSSR count). The summed E-state index contributed by atoms with van der Waals surface area (Å²) < 4.78 is 24.3. The zero-order chi connectivity index (χ0) is 27.6. The SMILES string of the molecule is CCN1[C@@H]2CC(O)C[C@H]1[C@H](OC(C)=O)[C@@H]2OC(c1ccccc1)(c1ccc(OC)cc1)c1ccc(OC)cc1. The van der Waals surface area contributed by atoms with Crippen LogP contribution in [-0.2, 0) is 19.9 Å². The van der Waals surface area contributed by atoms with Gasteiger partial charge in [-0.05, 0) is 60.3 Å². The molecule has 39 heavy (non-hydrogen) atoms. The van der Waals surface area contributed by atoms with Crippen LogP contribution in [0, 0.1) is 0 Å². The van der Waals surface area contributed by atoms with Gasteiger partial charge in [0.1, 0.15) is 29.3 Å². The van der Waals surface area contributed by atoms with Crippen molar-refractivity contribution in [3.63, 3.8) is 0 Å². The van der Waals surface area contributed by atoms with Crippen LogP contribution in [-0.4, -0.2) is 67.1 Å². The second kappa shape index (κ2) is 11.4. The first kappa shape index (κ1) is 27.2. The average Bonchev–Trinajstić information content (AvgIpc) is 3.13. The van der Waals surface area contributed by atoms with Gasteiger partial charge in [0.05, 0.1) is 26.4 Å². The largest absolute Gasteiger partial charge is 0.497 e. The van der Waals surface area contributed by atoms with E-state index >= 15 is 0 Å². The quantitative estimate of drug-likeness (QED) is 0.321. The van der Waals surface area contributed by atoms with Gasteiger partial charge < -0.3 is 24.1 Å². The number of piperidine rings is 1. The molecule has 0 aliphatic carbocycles. The lowest BCUT2D eigenvalue weighted by Gasteiger charge is -2.41. The van der Waals surface area contributed by atoms with E-state index in [9.17, 15) is 9.90 Å². The zero-order valence-electron chi connectivity index (χ0n) is 22.9. The molecule has 0 aromatic heterocycles. The Morgan fingerprint density at radius 3 is 1.77 bits per heavy atom. The van der Waals surface area contributed by atoms with Crippen molar-refractivity contribution >= 4 is 5.97 Å². The summed E-state index contributed by atoms with van der Waals surface area (Å²) in [6, 6.07) is 25.6. The smallest absolute Gasteiger partial charge is 0.303 e. The number of rotatable bonds is 9. The third-order valence-corrected chi connectivity index (χ3v) is 8.11. The molecule has 3 aromatic carbocycles. The van der Waals surface area contributed by atoms with E-state index in [-0.39, 0.29) is 18.1 Å². The highest BCUT2D eigenvalue weighted by Gasteiger charge is 2.57. The normalized spacial score (nSPS) is 24.8. The minimum Gasteiger partial charge on any atom is -0.497 e. The number of carbonyl (C=O) groups is 1. The molecule has 3 aromatic rings. The van der Waals surface area contributed by atoms with Gasteiger partial charge in [0, 0.05) is 13.0 Å². The fourth-order valence-electron chi connectivity index (χ4n) is 6.44. The van der Waals surface area contributed by atoms with Crippen LogP contribution in [0.25, 0.3) is 0 Å². The minimum atomic E-state index is -1.05. The second-order valence-corrected chi connectivity index (χ2v) is 10.3. The Balaban J connectivity index is 1.73. The van der Waals surface area contributed by atoms with E-state index in [2.05, 4.69) is 24.0 Å². The van der Waals surface area contributed by atoms with Crippen LogP contribution in [0.15, 0.2) is 78.9 Å². The van der Waals surface area contributed by atoms with Crippen molar-refractivity contribution in [2.75, 3.05) is 20.8 Å². The lowest BCUT2D eigenvalue weighted by atomic mass is 9.79. The highest BCUT2D eigenvalue weighted by molar-refractivity contribution is 5.66. The van der Waals surface area contributed by atoms with E-state index in [0.29, 0.717) is 12.8 Å². The summed E-state index contributed by atoms with van der Waals surface area (Å²) in [6.07, 6.45) is -0.416. The summed E-state index contributed by atoms with van der Waals surface area (Å²) in [5, 5.41) is 10.8. The van der Waals surface area contributed by atoms with Gasteiger partial charge in [0.15, 0.2) is 0 Å². The molecular weight excluding hydrogens is 494 g/mol. The molecule has 0 spiro atoms. The summed E-state index contributed by atoms with van der Waals surface area (Å²) in [4.78, 5) is 14.7. The first-order chi connectivity index (χ1) is 18.9. The molecule has 1 N–H and O–H groups in total. The Morgan fingerprint density at radius 2 is 1.31 bits per heavy atom. The molecule has 206 valence electrons. The number of hydrogen-bond donors (Lipinski definition) is 1. The second-order valence-electron chi connectivity index (χ2n) is 10.3. The van der Waals surface area contributed by atoms with Crippen molar-refractivity contribution in [1.29, 1.82) is 0 Å². The lowest BCUT2D eigenvalue weighted by Crippen LogP contribution is -2.48. The van der Waals surface area contributed by atoms with Crippen LogP contribution in [0.5, 0.6) is 11.5 Å². The van der Waals surface area contributed by atoms with Crippen molar-refractivity contribution in [1.82, 2.24) is 4.90 Å². The molecule has 2 saturated heterocycles. The van der Waals surface area contributed by atoms with Crippen LogP contribution in [0.4, 0.5) is 0 Å². The maximum Gasteiger partial charge on any atom is 0.303 e. The number of carbonyl (C=O) groups excluding carboxylic acids is 1. The predicted octanol–water partition coefficient (Wildman–Crippen LogP) is 4.54. The van der Waals surface area contributed by atoms with Gasteiger partial charge in [-0.1, -0.05) is 61.5 Å². The molecular formula is C32H37NO6. The molecule has 2 heterocycles. The van der Waals surface area contributed by atoms with Gasteiger partial charge in [-0.2, -0.15) is 0 Å². The van der Waals surface area contributed by atoms with Crippen molar-refractivity contribution in [3.8, 4) is 11.5 Å². The van der Waals surface area contributed by atoms with E-state index in [1.807, 2.05) is 66.7 Å². The molecule has 7 heteroatoms. The molecule has 2 aliphatic heterocycles. The molecule has 0 saturated carbocycles. The van der Waals surface area contributed by atoms with Gasteiger partial charge in [-0.15, -0.1) is 0 Å². The number of fused-ring (bicyclic) bond motifs is 2. The summed E-state index contributed by atoms with van der Waals surface area (Å²) in [5.41, 5.74) is 1.70. The Labute approximate surface area is 230 Å². The molecule has 2 aliphatic rings. The van der Waals surface area contributed by atoms with Crippen LogP contribution in [0.3, 0.4) is 0 Å². The number of methoxy groups -OCH3 is 2. The maximum atomic E-state index is 12.3. The third kappa shape index (κ3) is 5.02. The van der Waals surface area contributed by atoms with Gasteiger partial charge in [0.2, 0.25) is 0 Å². The highest BCUT2D eigenvalue weighted by Crippen LogP contribution is 2.47. The Kier molecular flexibility index (Phi) is 7.93. The monoisotopic (exact) mass is 531 g/mol. The number of aliphatic hydroxyl groups excluding tert-OH is 1. The number of likely N-dealkylation sites (N-methyl/N-ethyl adjacent to an activating group) is 1. The molecule has 2 bridgehead atoms. The van der Waals surface area contributed by atoms with Gasteiger partial charge in [-0.3, -0.25) is 9.69 Å². The molecule has 0 radical (unpaired) electrons. The Bertz CT molecular complexity index is 1200. The van der Waals surface area contributed by atoms with Crippen LogP contribution in [0.1, 0.15) is 43.4 Å². The van der Waals surface area contributed by atoms with E-state index in [0.717, 1.165) is 34.7 Å². The summed E-state index contributed by atoms with van der Waals surface area (Å²) in [6.45, 7) is 4.30. The third-order valence-electron chi connectivity index (χ3n) is 8.11. The summed E-state index contributed by atoms with van der Waals surface area (Å²) in [5.74, 6) is 1.13. The Hall–Kier alpha value is -3.39. The van der Waals surface area contributed by atoms with Crippen molar-refractivity contribution in [2.45, 2.75) is 62.7 Å². The first-order valence-electron chi connectivity index (χ1n) is 13.5. The fourth-order valence-corrected chi connectivity index (χ4v) is 6.44. The van der Waals surface area contributed by atoms with Gasteiger partial charge in [0.25, 0.3) is 0 Å². The van der Waals surface area contributed by atoms with Crippen molar-refractivity contribution in [2.24, 2.45) is 0 Å². The van der Waals surface area contributed by atoms with E-state index in [4.69, 9.17) is 18.9 Å². The summed E-state index contributed by atoms with van der Waals surface area (Å²) >= 11 is 0. The predicted molar refractivity (Wildman–Crippen MR) is 148 cm³/mol. The number of hydrogen-bond acceptors (Lipinski definition) is 7. The maximum absolute atomic E-state index is 12.3. The van der Waals surface area contributed by atoms with E-state index < -0.39 is 23.9 Å². The fraction of sp³-hybridized carbons (Fsp3) is 0.406. The molecule has 2 fully saturated rings. The zero-order valence-corrected chi connectivity index (χ0v) is 22.9. The average molecular weight is 532 g/mol. The number of nitrogens with zero attached hydrogens (tertiary/aromatic N) is 1. The number of esters is 1. The van der Waals surface area contributed by atoms with Crippen LogP contribution in [0.2, 0.25) is 0 Å². The highest BCUT2D eigenvalue weighted by atomic mass is 16.6. The van der Waals surface area contributed by atoms with Crippen LogP contribution >= 0.6 is 0 Å². The van der Waals surface area contributed by atoms with Crippen LogP contribution < -0.4 is 9.47 Å². The van der Waals surface area contributed by atoms with E-state index in [1.165, 1.54) is 6.92 Å². The first-order valence-corrected chi connectivity index (χ1v) is 13.5. The molecule has 7 nitrogen and oxygen atoms in total. The molecule has 5 atom stereocenters. The van der Waals surface area contributed by atoms with Gasteiger partial charge >= 0.3 is 5.97 Å².